The van der Waals surface area contributed by atoms with E-state index in [0.29, 0.717) is 39.6 Å². The second kappa shape index (κ2) is 23.4. The van der Waals surface area contributed by atoms with E-state index in [0.717, 1.165) is 49.0 Å². The summed E-state index contributed by atoms with van der Waals surface area (Å²) in [5.74, 6) is 5.55. The normalized spacial score (nSPS) is 31.6. The predicted molar refractivity (Wildman–Crippen MR) is 219 cm³/mol. The molecule has 4 saturated carbocycles. The molecule has 53 heavy (non-hydrogen) atoms. The van der Waals surface area contributed by atoms with Crippen molar-refractivity contribution in [2.45, 2.75) is 206 Å². The second-order valence-corrected chi connectivity index (χ2v) is 22.0. The molecule has 0 saturated heterocycles. The molecule has 4 aliphatic rings. The number of allylic oxidation sites excluding steroid dienone is 2. The zero-order valence-electron chi connectivity index (χ0n) is 35.5. The van der Waals surface area contributed by atoms with E-state index in [4.69, 9.17) is 3.07 Å². The standard InChI is InChI=1S/C47H84IN2O3/c1-7-8-9-10-11-12-13-14-15-16-17-18-19-20-21-22-33-49-44(51)28-23-37(4)41-26-27-42-40-25-24-38-34-39(48-53-45(52)50-35-36(2)3)29-31-46(38,5)43(40)30-32-47(41,42)6/h14-15,36-43H,7-13,16-35H2,1-6H3,(H,49,51)(H,50,52)/q-1/b15-14-/t37-,38?,39?,40?,41-,42?,43?,46+,47-/m1/s1. The van der Waals surface area contributed by atoms with Crippen LogP contribution in [0.15, 0.2) is 12.2 Å². The molecule has 0 aromatic rings. The van der Waals surface area contributed by atoms with Gasteiger partial charge in [-0.2, -0.15) is 0 Å². The van der Waals surface area contributed by atoms with Crippen molar-refractivity contribution >= 4 is 12.0 Å². The van der Waals surface area contributed by atoms with Gasteiger partial charge in [0.05, 0.1) is 0 Å². The van der Waals surface area contributed by atoms with Crippen molar-refractivity contribution in [3.05, 3.63) is 12.2 Å². The Morgan fingerprint density at radius 2 is 1.40 bits per heavy atom. The van der Waals surface area contributed by atoms with Gasteiger partial charge < -0.3 is 5.32 Å². The van der Waals surface area contributed by atoms with Crippen molar-refractivity contribution < 1.29 is 34.3 Å². The van der Waals surface area contributed by atoms with Gasteiger partial charge in [0, 0.05) is 6.54 Å². The molecule has 2 N–H and O–H groups in total. The number of nitrogens with one attached hydrogen (secondary N) is 2. The van der Waals surface area contributed by atoms with Crippen LogP contribution in [0.3, 0.4) is 0 Å². The molecule has 0 aromatic carbocycles. The van der Waals surface area contributed by atoms with E-state index >= 15 is 0 Å². The Morgan fingerprint density at radius 1 is 0.755 bits per heavy atom. The number of alkyl halides is 1. The van der Waals surface area contributed by atoms with E-state index < -0.39 is 21.6 Å². The summed E-state index contributed by atoms with van der Waals surface area (Å²) in [7, 11) is 0. The Bertz CT molecular complexity index is 1100. The molecule has 4 rings (SSSR count). The first-order valence-corrected chi connectivity index (χ1v) is 25.2. The van der Waals surface area contributed by atoms with Crippen molar-refractivity contribution in [1.29, 1.82) is 0 Å². The number of hydrogen-bond donors (Lipinski definition) is 2. The molecule has 0 radical (unpaired) electrons. The van der Waals surface area contributed by atoms with Gasteiger partial charge in [0.2, 0.25) is 5.91 Å². The Labute approximate surface area is 338 Å². The number of carbonyl (C=O) groups is 2. The predicted octanol–water partition coefficient (Wildman–Crippen LogP) is 9.97. The van der Waals surface area contributed by atoms with Crippen LogP contribution in [-0.2, 0) is 7.86 Å². The second-order valence-electron chi connectivity index (χ2n) is 19.3. The molecule has 0 heterocycles. The van der Waals surface area contributed by atoms with E-state index in [1.165, 1.54) is 141 Å². The molecule has 0 spiro atoms. The molecule has 0 aromatic heterocycles. The third-order valence-electron chi connectivity index (χ3n) is 15.1. The monoisotopic (exact) mass is 852 g/mol. The van der Waals surface area contributed by atoms with Crippen LogP contribution in [-0.4, -0.2) is 29.0 Å². The van der Waals surface area contributed by atoms with Crippen LogP contribution in [0, 0.1) is 52.3 Å². The molecule has 6 heteroatoms. The van der Waals surface area contributed by atoms with Crippen LogP contribution in [0.4, 0.5) is 4.79 Å². The Kier molecular flexibility index (Phi) is 19.9. The van der Waals surface area contributed by atoms with Crippen LogP contribution < -0.4 is 32.3 Å². The number of fused-ring (bicyclic) bond motifs is 5. The Morgan fingerprint density at radius 3 is 2.09 bits per heavy atom. The Balaban J connectivity index is 1.06. The summed E-state index contributed by atoms with van der Waals surface area (Å²) in [6.07, 6.45) is 37.1. The van der Waals surface area contributed by atoms with Crippen molar-refractivity contribution in [2.24, 2.45) is 52.3 Å². The van der Waals surface area contributed by atoms with Gasteiger partial charge in [-0.3, -0.25) is 4.79 Å². The van der Waals surface area contributed by atoms with Gasteiger partial charge in [-0.1, -0.05) is 76.9 Å². The fraction of sp³-hybridized carbons (Fsp3) is 0.915. The van der Waals surface area contributed by atoms with E-state index in [9.17, 15) is 9.59 Å². The third kappa shape index (κ3) is 13.7. The first-order valence-electron chi connectivity index (χ1n) is 23.1. The summed E-state index contributed by atoms with van der Waals surface area (Å²) in [6, 6.07) is 0. The number of hydrogen-bond acceptors (Lipinski definition) is 3. The maximum atomic E-state index is 12.9. The summed E-state index contributed by atoms with van der Waals surface area (Å²) in [4.78, 5) is 25.1. The summed E-state index contributed by atoms with van der Waals surface area (Å²) >= 11 is -0.542. The first-order chi connectivity index (χ1) is 25.6. The van der Waals surface area contributed by atoms with E-state index in [-0.39, 0.29) is 12.0 Å². The van der Waals surface area contributed by atoms with E-state index in [1.807, 2.05) is 0 Å². The molecule has 4 aliphatic carbocycles. The number of carbonyl (C=O) groups excluding carboxylic acids is 2. The molecule has 5 nitrogen and oxygen atoms in total. The Hall–Kier alpha value is -0.790. The topological polar surface area (TPSA) is 67.4 Å². The van der Waals surface area contributed by atoms with Gasteiger partial charge in [0.1, 0.15) is 0 Å². The van der Waals surface area contributed by atoms with Crippen LogP contribution in [0.2, 0.25) is 0 Å². The van der Waals surface area contributed by atoms with Crippen molar-refractivity contribution in [2.75, 3.05) is 13.1 Å². The molecule has 0 aliphatic heterocycles. The van der Waals surface area contributed by atoms with Gasteiger partial charge in [0.25, 0.3) is 0 Å². The molecule has 5 unspecified atom stereocenters. The molecule has 4 fully saturated rings. The summed E-state index contributed by atoms with van der Waals surface area (Å²) in [6.45, 7) is 15.9. The van der Waals surface area contributed by atoms with Crippen LogP contribution >= 0.6 is 0 Å². The number of halogens is 1. The van der Waals surface area contributed by atoms with Gasteiger partial charge in [0.15, 0.2) is 0 Å². The molecule has 9 atom stereocenters. The summed E-state index contributed by atoms with van der Waals surface area (Å²) in [5, 5.41) is 6.21. The number of rotatable bonds is 24. The van der Waals surface area contributed by atoms with Crippen molar-refractivity contribution in [1.82, 2.24) is 10.6 Å². The van der Waals surface area contributed by atoms with Crippen molar-refractivity contribution in [3.8, 4) is 0 Å². The fourth-order valence-corrected chi connectivity index (χ4v) is 14.1. The maximum absolute atomic E-state index is 12.9. The minimum absolute atomic E-state index is 0.190. The van der Waals surface area contributed by atoms with E-state index in [2.05, 4.69) is 64.3 Å². The third-order valence-corrected chi connectivity index (χ3v) is 17.6. The van der Waals surface area contributed by atoms with Gasteiger partial charge in [-0.05, 0) is 32.1 Å². The van der Waals surface area contributed by atoms with Crippen molar-refractivity contribution in [3.63, 3.8) is 0 Å². The van der Waals surface area contributed by atoms with Crippen LogP contribution in [0.25, 0.3) is 0 Å². The molecule has 308 valence electrons. The zero-order chi connectivity index (χ0) is 38.1. The number of amides is 2. The van der Waals surface area contributed by atoms with Gasteiger partial charge >= 0.3 is 209 Å². The molecular formula is C47H84IN2O3-. The minimum atomic E-state index is -0.542. The quantitative estimate of drug-likeness (QED) is 0.0440. The molecule has 0 bridgehead atoms. The summed E-state index contributed by atoms with van der Waals surface area (Å²) in [5.41, 5.74) is 0.917. The first kappa shape index (κ1) is 44.9. The van der Waals surface area contributed by atoms with Gasteiger partial charge in [-0.25, -0.2) is 0 Å². The number of unbranched alkanes of at least 4 members (excludes halogenated alkanes) is 12. The summed E-state index contributed by atoms with van der Waals surface area (Å²) < 4.78 is 6.42. The molecule has 2 amide bonds. The molecular weight excluding hydrogens is 767 g/mol. The van der Waals surface area contributed by atoms with Crippen LogP contribution in [0.1, 0.15) is 202 Å². The fourth-order valence-electron chi connectivity index (χ4n) is 11.9. The average molecular weight is 852 g/mol. The van der Waals surface area contributed by atoms with Gasteiger partial charge in [-0.15, -0.1) is 0 Å². The SMILES string of the molecule is CCCCCCCC/C=C\CCCCCCCCNC(=O)CC[C@@H](C)[C@H]1CCC2C3CCC4CC([I-]OC(=O)NCC(C)C)CC[C@]4(C)C3CC[C@@]21C. The average Bonchev–Trinajstić information content (AvgIpc) is 3.50. The van der Waals surface area contributed by atoms with Crippen LogP contribution in [0.5, 0.6) is 0 Å². The van der Waals surface area contributed by atoms with E-state index in [1.54, 1.807) is 0 Å². The zero-order valence-corrected chi connectivity index (χ0v) is 37.6.